The highest BCUT2D eigenvalue weighted by Crippen LogP contribution is 2.17. The summed E-state index contributed by atoms with van der Waals surface area (Å²) in [7, 11) is 0. The molecular weight excluding hydrogens is 260 g/mol. The molecule has 0 radical (unpaired) electrons. The van der Waals surface area contributed by atoms with E-state index in [2.05, 4.69) is 24.4 Å². The SMILES string of the molecule is CC(CCNC(=O)[C@@H](N)c1ccccc1)c1ccccc1. The third kappa shape index (κ3) is 4.43. The lowest BCUT2D eigenvalue weighted by molar-refractivity contribution is -0.122. The predicted molar refractivity (Wildman–Crippen MR) is 85.9 cm³/mol. The lowest BCUT2D eigenvalue weighted by atomic mass is 9.98. The molecule has 3 nitrogen and oxygen atoms in total. The molecule has 1 amide bonds. The van der Waals surface area contributed by atoms with Crippen molar-refractivity contribution in [1.82, 2.24) is 5.32 Å². The van der Waals surface area contributed by atoms with Crippen LogP contribution in [0.2, 0.25) is 0 Å². The molecule has 3 N–H and O–H groups in total. The summed E-state index contributed by atoms with van der Waals surface area (Å²) in [6.45, 7) is 2.80. The first kappa shape index (κ1) is 15.3. The van der Waals surface area contributed by atoms with Crippen LogP contribution in [0.5, 0.6) is 0 Å². The van der Waals surface area contributed by atoms with Gasteiger partial charge in [-0.05, 0) is 23.5 Å². The zero-order valence-electron chi connectivity index (χ0n) is 12.3. The second-order valence-electron chi connectivity index (χ2n) is 5.28. The normalized spacial score (nSPS) is 13.4. The van der Waals surface area contributed by atoms with Gasteiger partial charge in [0.1, 0.15) is 6.04 Å². The molecule has 0 bridgehead atoms. The van der Waals surface area contributed by atoms with Crippen LogP contribution < -0.4 is 11.1 Å². The second-order valence-corrected chi connectivity index (χ2v) is 5.28. The van der Waals surface area contributed by atoms with Gasteiger partial charge in [-0.15, -0.1) is 0 Å². The van der Waals surface area contributed by atoms with Crippen LogP contribution in [-0.2, 0) is 4.79 Å². The van der Waals surface area contributed by atoms with E-state index in [1.54, 1.807) is 0 Å². The maximum atomic E-state index is 12.0. The summed E-state index contributed by atoms with van der Waals surface area (Å²) < 4.78 is 0. The zero-order valence-corrected chi connectivity index (χ0v) is 12.3. The monoisotopic (exact) mass is 282 g/mol. The molecule has 0 saturated heterocycles. The molecular formula is C18H22N2O. The van der Waals surface area contributed by atoms with Crippen molar-refractivity contribution < 1.29 is 4.79 Å². The minimum atomic E-state index is -0.599. The largest absolute Gasteiger partial charge is 0.354 e. The third-order valence-corrected chi connectivity index (χ3v) is 3.69. The molecule has 0 spiro atoms. The highest BCUT2D eigenvalue weighted by Gasteiger charge is 2.15. The van der Waals surface area contributed by atoms with Crippen molar-refractivity contribution in [2.75, 3.05) is 6.54 Å². The quantitative estimate of drug-likeness (QED) is 0.855. The summed E-state index contributed by atoms with van der Waals surface area (Å²) in [4.78, 5) is 12.0. The van der Waals surface area contributed by atoms with E-state index in [1.165, 1.54) is 5.56 Å². The Morgan fingerprint density at radius 3 is 2.10 bits per heavy atom. The average molecular weight is 282 g/mol. The topological polar surface area (TPSA) is 55.1 Å². The number of nitrogens with two attached hydrogens (primary N) is 1. The van der Waals surface area contributed by atoms with Gasteiger partial charge in [-0.3, -0.25) is 4.79 Å². The summed E-state index contributed by atoms with van der Waals surface area (Å²) in [5.74, 6) is 0.293. The molecule has 3 heteroatoms. The Hall–Kier alpha value is -2.13. The van der Waals surface area contributed by atoms with Gasteiger partial charge in [-0.1, -0.05) is 67.6 Å². The van der Waals surface area contributed by atoms with Crippen LogP contribution in [-0.4, -0.2) is 12.5 Å². The van der Waals surface area contributed by atoms with E-state index in [4.69, 9.17) is 5.73 Å². The van der Waals surface area contributed by atoms with E-state index in [-0.39, 0.29) is 5.91 Å². The van der Waals surface area contributed by atoms with Gasteiger partial charge in [0.15, 0.2) is 0 Å². The number of carbonyl (C=O) groups excluding carboxylic acids is 1. The Morgan fingerprint density at radius 2 is 1.52 bits per heavy atom. The Labute approximate surface area is 126 Å². The van der Waals surface area contributed by atoms with Gasteiger partial charge in [0.05, 0.1) is 0 Å². The van der Waals surface area contributed by atoms with Crippen LogP contribution in [0.3, 0.4) is 0 Å². The number of nitrogens with one attached hydrogen (secondary N) is 1. The Kier molecular flexibility index (Phi) is 5.52. The molecule has 0 aromatic heterocycles. The molecule has 0 aliphatic carbocycles. The first-order valence-electron chi connectivity index (χ1n) is 7.31. The summed E-state index contributed by atoms with van der Waals surface area (Å²) in [6, 6.07) is 19.1. The fraction of sp³-hybridized carbons (Fsp3) is 0.278. The first-order valence-corrected chi connectivity index (χ1v) is 7.31. The van der Waals surface area contributed by atoms with E-state index < -0.39 is 6.04 Å². The predicted octanol–water partition coefficient (Wildman–Crippen LogP) is 3.00. The molecule has 2 aromatic carbocycles. The number of hydrogen-bond donors (Lipinski definition) is 2. The lowest BCUT2D eigenvalue weighted by Gasteiger charge is -2.15. The van der Waals surface area contributed by atoms with Gasteiger partial charge in [0.25, 0.3) is 0 Å². The fourth-order valence-electron chi connectivity index (χ4n) is 2.28. The summed E-state index contributed by atoms with van der Waals surface area (Å²) in [6.07, 6.45) is 0.900. The molecule has 0 aliphatic heterocycles. The Balaban J connectivity index is 1.79. The van der Waals surface area contributed by atoms with Crippen molar-refractivity contribution in [2.24, 2.45) is 5.73 Å². The molecule has 0 aliphatic rings. The molecule has 0 heterocycles. The Morgan fingerprint density at radius 1 is 1.00 bits per heavy atom. The second kappa shape index (κ2) is 7.60. The number of carbonyl (C=O) groups is 1. The van der Waals surface area contributed by atoms with Crippen molar-refractivity contribution in [1.29, 1.82) is 0 Å². The van der Waals surface area contributed by atoms with Crippen LogP contribution in [0.1, 0.15) is 36.4 Å². The standard InChI is InChI=1S/C18H22N2O/c1-14(15-8-4-2-5-9-15)12-13-20-18(21)17(19)16-10-6-3-7-11-16/h2-11,14,17H,12-13,19H2,1H3,(H,20,21)/t14?,17-/m0/s1. The van der Waals surface area contributed by atoms with Crippen LogP contribution in [0.15, 0.2) is 60.7 Å². The molecule has 2 atom stereocenters. The first-order chi connectivity index (χ1) is 10.2. The maximum Gasteiger partial charge on any atom is 0.241 e. The van der Waals surface area contributed by atoms with Gasteiger partial charge in [-0.2, -0.15) is 0 Å². The zero-order chi connectivity index (χ0) is 15.1. The minimum absolute atomic E-state index is 0.124. The van der Waals surface area contributed by atoms with Crippen LogP contribution >= 0.6 is 0 Å². The summed E-state index contributed by atoms with van der Waals surface area (Å²) >= 11 is 0. The third-order valence-electron chi connectivity index (χ3n) is 3.69. The summed E-state index contributed by atoms with van der Waals surface area (Å²) in [5, 5.41) is 2.92. The van der Waals surface area contributed by atoms with Gasteiger partial charge in [0, 0.05) is 6.54 Å². The highest BCUT2D eigenvalue weighted by atomic mass is 16.2. The van der Waals surface area contributed by atoms with Crippen molar-refractivity contribution in [3.05, 3.63) is 71.8 Å². The molecule has 2 rings (SSSR count). The van der Waals surface area contributed by atoms with Gasteiger partial charge < -0.3 is 11.1 Å². The van der Waals surface area contributed by atoms with E-state index in [1.807, 2.05) is 48.5 Å². The lowest BCUT2D eigenvalue weighted by Crippen LogP contribution is -2.34. The smallest absolute Gasteiger partial charge is 0.241 e. The Bertz CT molecular complexity index is 554. The van der Waals surface area contributed by atoms with Crippen LogP contribution in [0.25, 0.3) is 0 Å². The van der Waals surface area contributed by atoms with Crippen LogP contribution in [0.4, 0.5) is 0 Å². The highest BCUT2D eigenvalue weighted by molar-refractivity contribution is 5.82. The van der Waals surface area contributed by atoms with E-state index in [9.17, 15) is 4.79 Å². The van der Waals surface area contributed by atoms with E-state index in [0.717, 1.165) is 12.0 Å². The molecule has 1 unspecified atom stereocenters. The van der Waals surface area contributed by atoms with Crippen molar-refractivity contribution in [2.45, 2.75) is 25.3 Å². The summed E-state index contributed by atoms with van der Waals surface area (Å²) in [5.41, 5.74) is 8.08. The van der Waals surface area contributed by atoms with E-state index >= 15 is 0 Å². The average Bonchev–Trinajstić information content (AvgIpc) is 2.55. The van der Waals surface area contributed by atoms with E-state index in [0.29, 0.717) is 12.5 Å². The van der Waals surface area contributed by atoms with Crippen molar-refractivity contribution >= 4 is 5.91 Å². The molecule has 21 heavy (non-hydrogen) atoms. The van der Waals surface area contributed by atoms with Gasteiger partial charge in [0.2, 0.25) is 5.91 Å². The van der Waals surface area contributed by atoms with Crippen LogP contribution in [0, 0.1) is 0 Å². The van der Waals surface area contributed by atoms with Crippen molar-refractivity contribution in [3.63, 3.8) is 0 Å². The number of hydrogen-bond acceptors (Lipinski definition) is 2. The maximum absolute atomic E-state index is 12.0. The number of amides is 1. The number of rotatable bonds is 6. The molecule has 110 valence electrons. The molecule has 0 saturated carbocycles. The molecule has 2 aromatic rings. The molecule has 0 fully saturated rings. The fourth-order valence-corrected chi connectivity index (χ4v) is 2.28. The van der Waals surface area contributed by atoms with Gasteiger partial charge in [-0.25, -0.2) is 0 Å². The minimum Gasteiger partial charge on any atom is -0.354 e. The van der Waals surface area contributed by atoms with Gasteiger partial charge >= 0.3 is 0 Å². The van der Waals surface area contributed by atoms with Crippen molar-refractivity contribution in [3.8, 4) is 0 Å². The number of benzene rings is 2.